The first-order chi connectivity index (χ1) is 8.01. The third-order valence-electron chi connectivity index (χ3n) is 4.75. The number of rotatable bonds is 0. The van der Waals surface area contributed by atoms with Crippen molar-refractivity contribution in [3.63, 3.8) is 0 Å². The van der Waals surface area contributed by atoms with E-state index in [4.69, 9.17) is 0 Å². The fraction of sp³-hybridized carbons (Fsp3) is 0.600. The lowest BCUT2D eigenvalue weighted by molar-refractivity contribution is -0.135. The van der Waals surface area contributed by atoms with Crippen molar-refractivity contribution in [2.24, 2.45) is 23.2 Å². The highest BCUT2D eigenvalue weighted by Gasteiger charge is 2.52. The number of hydrogen-bond donors (Lipinski definition) is 0. The molecule has 0 aromatic carbocycles. The summed E-state index contributed by atoms with van der Waals surface area (Å²) in [5, 5.41) is 0. The van der Waals surface area contributed by atoms with Crippen molar-refractivity contribution in [1.82, 2.24) is 0 Å². The maximum Gasteiger partial charge on any atom is 0.155 e. The van der Waals surface area contributed by atoms with Crippen molar-refractivity contribution in [2.75, 3.05) is 0 Å². The van der Waals surface area contributed by atoms with Crippen LogP contribution in [-0.2, 0) is 9.59 Å². The van der Waals surface area contributed by atoms with Gasteiger partial charge in [0.15, 0.2) is 5.78 Å². The van der Waals surface area contributed by atoms with E-state index >= 15 is 0 Å². The van der Waals surface area contributed by atoms with Crippen LogP contribution in [0.2, 0.25) is 0 Å². The molecule has 0 saturated heterocycles. The van der Waals surface area contributed by atoms with Gasteiger partial charge in [0.05, 0.1) is 5.92 Å². The third-order valence-corrected chi connectivity index (χ3v) is 4.75. The largest absolute Gasteiger partial charge is 0.298 e. The molecule has 90 valence electrons. The fourth-order valence-electron chi connectivity index (χ4n) is 3.76. The van der Waals surface area contributed by atoms with Gasteiger partial charge in [-0.15, -0.1) is 0 Å². The molecule has 0 radical (unpaired) electrons. The highest BCUT2D eigenvalue weighted by Crippen LogP contribution is 2.53. The minimum Gasteiger partial charge on any atom is -0.298 e. The monoisotopic (exact) mass is 230 g/mol. The number of ketones is 2. The lowest BCUT2D eigenvalue weighted by atomic mass is 9.53. The zero-order valence-corrected chi connectivity index (χ0v) is 10.4. The quantitative estimate of drug-likeness (QED) is 0.600. The van der Waals surface area contributed by atoms with E-state index in [2.05, 4.69) is 19.9 Å². The topological polar surface area (TPSA) is 34.1 Å². The molecule has 4 aliphatic carbocycles. The summed E-state index contributed by atoms with van der Waals surface area (Å²) in [6.07, 6.45) is 8.66. The minimum absolute atomic E-state index is 0.123. The molecule has 0 aromatic rings. The van der Waals surface area contributed by atoms with Crippen LogP contribution in [0.3, 0.4) is 0 Å². The van der Waals surface area contributed by atoms with E-state index in [1.807, 2.05) is 6.08 Å². The Morgan fingerprint density at radius 3 is 2.76 bits per heavy atom. The van der Waals surface area contributed by atoms with Gasteiger partial charge in [-0.3, -0.25) is 9.59 Å². The number of fused-ring (bicyclic) bond motifs is 1. The molecule has 0 spiro atoms. The highest BCUT2D eigenvalue weighted by atomic mass is 16.1. The van der Waals surface area contributed by atoms with Gasteiger partial charge < -0.3 is 0 Å². The summed E-state index contributed by atoms with van der Waals surface area (Å²) in [6.45, 7) is 4.11. The fourth-order valence-corrected chi connectivity index (χ4v) is 3.76. The van der Waals surface area contributed by atoms with Crippen LogP contribution in [0.4, 0.5) is 0 Å². The second-order valence-corrected chi connectivity index (χ2v) is 6.08. The van der Waals surface area contributed by atoms with Gasteiger partial charge in [-0.2, -0.15) is 0 Å². The van der Waals surface area contributed by atoms with Crippen LogP contribution < -0.4 is 0 Å². The van der Waals surface area contributed by atoms with E-state index in [1.165, 1.54) is 0 Å². The second-order valence-electron chi connectivity index (χ2n) is 6.08. The lowest BCUT2D eigenvalue weighted by Crippen LogP contribution is -2.49. The Morgan fingerprint density at radius 2 is 2.00 bits per heavy atom. The van der Waals surface area contributed by atoms with Crippen LogP contribution >= 0.6 is 0 Å². The molecule has 17 heavy (non-hydrogen) atoms. The van der Waals surface area contributed by atoms with E-state index < -0.39 is 0 Å². The number of Topliss-reactive ketones (excluding diaryl/α,β-unsaturated/α-hetero) is 1. The predicted octanol–water partition coefficient (Wildman–Crippen LogP) is 2.69. The van der Waals surface area contributed by atoms with Crippen molar-refractivity contribution in [1.29, 1.82) is 0 Å². The van der Waals surface area contributed by atoms with Crippen molar-refractivity contribution < 1.29 is 9.59 Å². The number of carbonyl (C=O) groups excluding carboxylic acids is 2. The predicted molar refractivity (Wildman–Crippen MR) is 65.3 cm³/mol. The van der Waals surface area contributed by atoms with Crippen molar-refractivity contribution >= 4 is 11.6 Å². The maximum absolute atomic E-state index is 12.4. The van der Waals surface area contributed by atoms with Crippen molar-refractivity contribution in [2.45, 2.75) is 33.1 Å². The van der Waals surface area contributed by atoms with E-state index in [9.17, 15) is 9.59 Å². The molecule has 0 unspecified atom stereocenters. The van der Waals surface area contributed by atoms with Crippen molar-refractivity contribution in [3.05, 3.63) is 23.8 Å². The van der Waals surface area contributed by atoms with Crippen LogP contribution in [0.15, 0.2) is 23.8 Å². The summed E-state index contributed by atoms with van der Waals surface area (Å²) >= 11 is 0. The molecule has 4 rings (SSSR count). The highest BCUT2D eigenvalue weighted by molar-refractivity contribution is 5.97. The van der Waals surface area contributed by atoms with Gasteiger partial charge in [-0.1, -0.05) is 26.0 Å². The first kappa shape index (κ1) is 10.9. The van der Waals surface area contributed by atoms with E-state index in [0.717, 1.165) is 18.4 Å². The second kappa shape index (κ2) is 3.41. The Balaban J connectivity index is 2.12. The zero-order chi connectivity index (χ0) is 12.2. The first-order valence-corrected chi connectivity index (χ1v) is 6.49. The number of hydrogen-bond acceptors (Lipinski definition) is 2. The Kier molecular flexibility index (Phi) is 2.19. The van der Waals surface area contributed by atoms with Crippen LogP contribution in [0.1, 0.15) is 33.1 Å². The van der Waals surface area contributed by atoms with Gasteiger partial charge in [-0.25, -0.2) is 0 Å². The average Bonchev–Trinajstić information content (AvgIpc) is 2.46. The van der Waals surface area contributed by atoms with Crippen LogP contribution in [0.5, 0.6) is 0 Å². The van der Waals surface area contributed by atoms with Crippen LogP contribution in [0, 0.1) is 23.2 Å². The molecule has 0 aliphatic heterocycles. The number of allylic oxidation sites excluding steroid dienone is 4. The first-order valence-electron chi connectivity index (χ1n) is 6.49. The summed E-state index contributed by atoms with van der Waals surface area (Å²) in [7, 11) is 0. The van der Waals surface area contributed by atoms with Gasteiger partial charge >= 0.3 is 0 Å². The Labute approximate surface area is 102 Å². The standard InChI is InChI=1S/C15H18O2/c1-15(2)13-7-6-11(14(15)17)12-8-9(16)4-3-5-10(12)13/h6-8,10-11,13H,3-5H2,1-2H3/t10-,11+,13-/m1/s1. The van der Waals surface area contributed by atoms with Gasteiger partial charge in [0.25, 0.3) is 0 Å². The van der Waals surface area contributed by atoms with Gasteiger partial charge in [0.2, 0.25) is 0 Å². The average molecular weight is 230 g/mol. The molecule has 1 saturated carbocycles. The Morgan fingerprint density at radius 1 is 1.24 bits per heavy atom. The van der Waals surface area contributed by atoms with Crippen molar-refractivity contribution in [3.8, 4) is 0 Å². The summed E-state index contributed by atoms with van der Waals surface area (Å²) in [4.78, 5) is 24.0. The summed E-state index contributed by atoms with van der Waals surface area (Å²) in [6, 6.07) is 0. The van der Waals surface area contributed by atoms with E-state index in [0.29, 0.717) is 18.1 Å². The molecule has 0 heterocycles. The van der Waals surface area contributed by atoms with Gasteiger partial charge in [0, 0.05) is 11.8 Å². The summed E-state index contributed by atoms with van der Waals surface area (Å²) in [5.74, 6) is 1.08. The maximum atomic E-state index is 12.4. The molecule has 2 heteroatoms. The molecule has 0 amide bonds. The molecule has 1 fully saturated rings. The Bertz CT molecular complexity index is 454. The molecular formula is C15H18O2. The normalized spacial score (nSPS) is 38.7. The smallest absolute Gasteiger partial charge is 0.155 e. The third kappa shape index (κ3) is 1.39. The Hall–Kier alpha value is -1.18. The minimum atomic E-state index is -0.255. The summed E-state index contributed by atoms with van der Waals surface area (Å²) < 4.78 is 0. The van der Waals surface area contributed by atoms with Gasteiger partial charge in [0.1, 0.15) is 5.78 Å². The van der Waals surface area contributed by atoms with Crippen LogP contribution in [0.25, 0.3) is 0 Å². The summed E-state index contributed by atoms with van der Waals surface area (Å²) in [5.41, 5.74) is 0.846. The molecule has 2 nitrogen and oxygen atoms in total. The van der Waals surface area contributed by atoms with E-state index in [1.54, 1.807) is 6.08 Å². The molecule has 2 bridgehead atoms. The lowest BCUT2D eigenvalue weighted by Gasteiger charge is -2.49. The zero-order valence-electron chi connectivity index (χ0n) is 10.4. The molecule has 0 N–H and O–H groups in total. The van der Waals surface area contributed by atoms with E-state index in [-0.39, 0.29) is 23.0 Å². The molecular weight excluding hydrogens is 212 g/mol. The molecule has 0 aromatic heterocycles. The SMILES string of the molecule is CC1(C)C(=O)[C@H]2C=C[C@@H]1[C@@H]1CCCC(=O)C=C21. The molecule has 4 aliphatic rings. The van der Waals surface area contributed by atoms with Crippen LogP contribution in [-0.4, -0.2) is 11.6 Å². The number of carbonyl (C=O) groups is 2. The van der Waals surface area contributed by atoms with Gasteiger partial charge in [-0.05, 0) is 36.3 Å². The molecule has 3 atom stereocenters.